The zero-order valence-electron chi connectivity index (χ0n) is 9.30. The standard InChI is InChI=1S/C14H13NO2/c15-14(16)12-7-4-8-13(9-12)17-10-11-5-2-1-3-6-11/h1-9H,10H2,(H2,15,16). The first-order valence-electron chi connectivity index (χ1n) is 5.32. The highest BCUT2D eigenvalue weighted by molar-refractivity contribution is 5.93. The van der Waals surface area contributed by atoms with Crippen molar-refractivity contribution < 1.29 is 9.53 Å². The van der Waals surface area contributed by atoms with Crippen LogP contribution in [0.4, 0.5) is 0 Å². The van der Waals surface area contributed by atoms with Gasteiger partial charge in [-0.05, 0) is 23.8 Å². The Hall–Kier alpha value is -2.29. The first kappa shape index (κ1) is 11.2. The molecule has 0 heterocycles. The second-order valence-electron chi connectivity index (χ2n) is 3.67. The summed E-state index contributed by atoms with van der Waals surface area (Å²) in [5, 5.41) is 0. The highest BCUT2D eigenvalue weighted by Crippen LogP contribution is 2.14. The molecule has 2 aromatic rings. The molecule has 1 amide bonds. The number of carbonyl (C=O) groups excluding carboxylic acids is 1. The molecule has 0 spiro atoms. The summed E-state index contributed by atoms with van der Waals surface area (Å²) >= 11 is 0. The van der Waals surface area contributed by atoms with Crippen LogP contribution in [-0.2, 0) is 6.61 Å². The highest BCUT2D eigenvalue weighted by atomic mass is 16.5. The molecule has 0 radical (unpaired) electrons. The topological polar surface area (TPSA) is 52.3 Å². The third-order valence-electron chi connectivity index (χ3n) is 2.37. The molecule has 0 aromatic heterocycles. The number of nitrogens with two attached hydrogens (primary N) is 1. The first-order valence-corrected chi connectivity index (χ1v) is 5.32. The minimum absolute atomic E-state index is 0.449. The first-order chi connectivity index (χ1) is 8.25. The van der Waals surface area contributed by atoms with Crippen LogP contribution in [0.25, 0.3) is 0 Å². The van der Waals surface area contributed by atoms with E-state index in [1.54, 1.807) is 24.3 Å². The zero-order chi connectivity index (χ0) is 12.1. The summed E-state index contributed by atoms with van der Waals surface area (Å²) in [5.74, 6) is 0.195. The Morgan fingerprint density at radius 1 is 1.06 bits per heavy atom. The van der Waals surface area contributed by atoms with Gasteiger partial charge in [-0.3, -0.25) is 4.79 Å². The Balaban J connectivity index is 2.04. The molecule has 0 fully saturated rings. The van der Waals surface area contributed by atoms with E-state index < -0.39 is 5.91 Å². The molecule has 2 rings (SSSR count). The van der Waals surface area contributed by atoms with E-state index in [0.29, 0.717) is 17.9 Å². The minimum atomic E-state index is -0.449. The van der Waals surface area contributed by atoms with Gasteiger partial charge in [0.2, 0.25) is 5.91 Å². The predicted octanol–water partition coefficient (Wildman–Crippen LogP) is 2.36. The van der Waals surface area contributed by atoms with Gasteiger partial charge >= 0.3 is 0 Å². The quantitative estimate of drug-likeness (QED) is 0.871. The SMILES string of the molecule is NC(=O)c1cccc(OCc2ccccc2)c1. The smallest absolute Gasteiger partial charge is 0.248 e. The van der Waals surface area contributed by atoms with Gasteiger partial charge < -0.3 is 10.5 Å². The molecular formula is C14H13NO2. The molecule has 0 saturated heterocycles. The average molecular weight is 227 g/mol. The maximum absolute atomic E-state index is 11.0. The van der Waals surface area contributed by atoms with Gasteiger partial charge in [0, 0.05) is 5.56 Å². The van der Waals surface area contributed by atoms with Gasteiger partial charge in [-0.15, -0.1) is 0 Å². The van der Waals surface area contributed by atoms with Gasteiger partial charge in [0.1, 0.15) is 12.4 Å². The van der Waals surface area contributed by atoms with Crippen LogP contribution < -0.4 is 10.5 Å². The summed E-state index contributed by atoms with van der Waals surface area (Å²) in [7, 11) is 0. The van der Waals surface area contributed by atoms with Crippen molar-refractivity contribution in [2.45, 2.75) is 6.61 Å². The number of rotatable bonds is 4. The summed E-state index contributed by atoms with van der Waals surface area (Å²) in [6.45, 7) is 0.475. The van der Waals surface area contributed by atoms with Gasteiger partial charge in [0.05, 0.1) is 0 Å². The molecule has 0 aliphatic heterocycles. The second kappa shape index (κ2) is 5.16. The monoisotopic (exact) mass is 227 g/mol. The van der Waals surface area contributed by atoms with Crippen LogP contribution in [0.15, 0.2) is 54.6 Å². The lowest BCUT2D eigenvalue weighted by molar-refractivity contribution is 0.1000. The Morgan fingerprint density at radius 2 is 1.82 bits per heavy atom. The van der Waals surface area contributed by atoms with Crippen molar-refractivity contribution in [2.24, 2.45) is 5.73 Å². The van der Waals surface area contributed by atoms with Crippen LogP contribution in [-0.4, -0.2) is 5.91 Å². The molecule has 0 unspecified atom stereocenters. The van der Waals surface area contributed by atoms with Gasteiger partial charge in [-0.1, -0.05) is 36.4 Å². The lowest BCUT2D eigenvalue weighted by Gasteiger charge is -2.06. The lowest BCUT2D eigenvalue weighted by Crippen LogP contribution is -2.10. The molecule has 2 aromatic carbocycles. The molecule has 3 heteroatoms. The van der Waals surface area contributed by atoms with Gasteiger partial charge in [0.25, 0.3) is 0 Å². The maximum atomic E-state index is 11.0. The summed E-state index contributed by atoms with van der Waals surface area (Å²) in [4.78, 5) is 11.0. The van der Waals surface area contributed by atoms with Crippen molar-refractivity contribution in [3.8, 4) is 5.75 Å². The van der Waals surface area contributed by atoms with E-state index >= 15 is 0 Å². The van der Waals surface area contributed by atoms with Crippen LogP contribution in [0.1, 0.15) is 15.9 Å². The van der Waals surface area contributed by atoms with Gasteiger partial charge in [0.15, 0.2) is 0 Å². The lowest BCUT2D eigenvalue weighted by atomic mass is 10.2. The van der Waals surface area contributed by atoms with Crippen LogP contribution >= 0.6 is 0 Å². The van der Waals surface area contributed by atoms with E-state index in [2.05, 4.69) is 0 Å². The molecule has 0 atom stereocenters. The molecule has 17 heavy (non-hydrogen) atoms. The van der Waals surface area contributed by atoms with Gasteiger partial charge in [-0.2, -0.15) is 0 Å². The van der Waals surface area contributed by atoms with E-state index in [4.69, 9.17) is 10.5 Å². The number of hydrogen-bond acceptors (Lipinski definition) is 2. The van der Waals surface area contributed by atoms with Crippen molar-refractivity contribution in [3.63, 3.8) is 0 Å². The normalized spacial score (nSPS) is 9.88. The van der Waals surface area contributed by atoms with Crippen LogP contribution in [0.3, 0.4) is 0 Å². The summed E-state index contributed by atoms with van der Waals surface area (Å²) in [5.41, 5.74) is 6.73. The molecule has 0 bridgehead atoms. The molecule has 0 saturated carbocycles. The number of primary amides is 1. The third kappa shape index (κ3) is 3.08. The van der Waals surface area contributed by atoms with Gasteiger partial charge in [-0.25, -0.2) is 0 Å². The molecular weight excluding hydrogens is 214 g/mol. The van der Waals surface area contributed by atoms with E-state index in [1.807, 2.05) is 30.3 Å². The van der Waals surface area contributed by atoms with Crippen molar-refractivity contribution in [2.75, 3.05) is 0 Å². The Labute approximate surface area is 99.8 Å². The second-order valence-corrected chi connectivity index (χ2v) is 3.67. The Kier molecular flexibility index (Phi) is 3.40. The Bertz CT molecular complexity index is 509. The van der Waals surface area contributed by atoms with E-state index in [9.17, 15) is 4.79 Å². The van der Waals surface area contributed by atoms with E-state index in [-0.39, 0.29) is 0 Å². The fraction of sp³-hybridized carbons (Fsp3) is 0.0714. The van der Waals surface area contributed by atoms with Crippen molar-refractivity contribution in [3.05, 3.63) is 65.7 Å². The fourth-order valence-electron chi connectivity index (χ4n) is 1.48. The number of benzene rings is 2. The number of hydrogen-bond donors (Lipinski definition) is 1. The van der Waals surface area contributed by atoms with Crippen LogP contribution in [0.2, 0.25) is 0 Å². The predicted molar refractivity (Wildman–Crippen MR) is 65.7 cm³/mol. The van der Waals surface area contributed by atoms with Crippen molar-refractivity contribution in [1.82, 2.24) is 0 Å². The molecule has 86 valence electrons. The Morgan fingerprint density at radius 3 is 2.53 bits per heavy atom. The molecule has 3 nitrogen and oxygen atoms in total. The molecule has 2 N–H and O–H groups in total. The summed E-state index contributed by atoms with van der Waals surface area (Å²) < 4.78 is 5.58. The van der Waals surface area contributed by atoms with Crippen molar-refractivity contribution in [1.29, 1.82) is 0 Å². The number of carbonyl (C=O) groups is 1. The fourth-order valence-corrected chi connectivity index (χ4v) is 1.48. The average Bonchev–Trinajstić information content (AvgIpc) is 2.38. The molecule has 0 aliphatic carbocycles. The van der Waals surface area contributed by atoms with E-state index in [0.717, 1.165) is 5.56 Å². The number of ether oxygens (including phenoxy) is 1. The van der Waals surface area contributed by atoms with Crippen LogP contribution in [0, 0.1) is 0 Å². The van der Waals surface area contributed by atoms with Crippen LogP contribution in [0.5, 0.6) is 5.75 Å². The third-order valence-corrected chi connectivity index (χ3v) is 2.37. The van der Waals surface area contributed by atoms with E-state index in [1.165, 1.54) is 0 Å². The maximum Gasteiger partial charge on any atom is 0.248 e. The summed E-state index contributed by atoms with van der Waals surface area (Å²) in [6, 6.07) is 16.7. The van der Waals surface area contributed by atoms with Crippen molar-refractivity contribution >= 4 is 5.91 Å². The zero-order valence-corrected chi connectivity index (χ0v) is 9.30. The largest absolute Gasteiger partial charge is 0.489 e. The number of amides is 1. The minimum Gasteiger partial charge on any atom is -0.489 e. The summed E-state index contributed by atoms with van der Waals surface area (Å²) in [6.07, 6.45) is 0. The highest BCUT2D eigenvalue weighted by Gasteiger charge is 2.01. The molecule has 0 aliphatic rings.